The van der Waals surface area contributed by atoms with Gasteiger partial charge >= 0.3 is 0 Å². The summed E-state index contributed by atoms with van der Waals surface area (Å²) in [6.45, 7) is 5.50. The van der Waals surface area contributed by atoms with Crippen LogP contribution in [0.25, 0.3) is 0 Å². The molecule has 0 bridgehead atoms. The number of methoxy groups -OCH3 is 1. The number of sulfonamides is 1. The van der Waals surface area contributed by atoms with Gasteiger partial charge in [-0.25, -0.2) is 13.1 Å². The lowest BCUT2D eigenvalue weighted by Gasteiger charge is -2.14. The number of hydrogen-bond acceptors (Lipinski definition) is 4. The molecule has 0 aliphatic rings. The first kappa shape index (κ1) is 20.2. The van der Waals surface area contributed by atoms with Gasteiger partial charge in [0.25, 0.3) is 5.91 Å². The number of benzene rings is 2. The third-order valence-corrected chi connectivity index (χ3v) is 5.78. The summed E-state index contributed by atoms with van der Waals surface area (Å²) >= 11 is 6.08. The molecule has 0 saturated heterocycles. The number of hydrogen-bond donors (Lipinski definition) is 2. The van der Waals surface area contributed by atoms with Crippen LogP contribution in [0, 0.1) is 13.8 Å². The smallest absolute Gasteiger partial charge is 0.256 e. The molecule has 0 atom stereocenters. The van der Waals surface area contributed by atoms with E-state index in [1.54, 1.807) is 32.0 Å². The van der Waals surface area contributed by atoms with Crippen molar-refractivity contribution >= 4 is 33.2 Å². The maximum Gasteiger partial charge on any atom is 0.256 e. The Labute approximate surface area is 158 Å². The van der Waals surface area contributed by atoms with Crippen LogP contribution in [0.3, 0.4) is 0 Å². The van der Waals surface area contributed by atoms with Crippen LogP contribution < -0.4 is 14.8 Å². The third kappa shape index (κ3) is 4.35. The van der Waals surface area contributed by atoms with Crippen LogP contribution in [0.5, 0.6) is 5.75 Å². The highest BCUT2D eigenvalue weighted by molar-refractivity contribution is 7.89. The summed E-state index contributed by atoms with van der Waals surface area (Å²) in [4.78, 5) is 12.8. The Bertz CT molecular complexity index is 942. The standard InChI is InChI=1S/C18H21ClN2O4S/c1-5-20-26(23,24)13-7-6-11(2)14(9-13)18(22)21-16-8-12(3)15(19)10-17(16)25-4/h6-10,20H,5H2,1-4H3,(H,21,22). The van der Waals surface area contributed by atoms with Crippen molar-refractivity contribution in [2.45, 2.75) is 25.7 Å². The summed E-state index contributed by atoms with van der Waals surface area (Å²) in [5.74, 6) is -0.0147. The molecule has 26 heavy (non-hydrogen) atoms. The SMILES string of the molecule is CCNS(=O)(=O)c1ccc(C)c(C(=O)Nc2cc(C)c(Cl)cc2OC)c1. The number of ether oxygens (including phenoxy) is 1. The Kier molecular flexibility index (Phi) is 6.28. The number of aryl methyl sites for hydroxylation is 2. The van der Waals surface area contributed by atoms with E-state index in [1.807, 2.05) is 6.92 Å². The summed E-state index contributed by atoms with van der Waals surface area (Å²) in [7, 11) is -2.18. The molecule has 2 rings (SSSR count). The van der Waals surface area contributed by atoms with Gasteiger partial charge in [0.15, 0.2) is 0 Å². The van der Waals surface area contributed by atoms with Crippen molar-refractivity contribution in [3.05, 3.63) is 52.0 Å². The lowest BCUT2D eigenvalue weighted by molar-refractivity contribution is 0.102. The molecule has 0 aromatic heterocycles. The zero-order valence-electron chi connectivity index (χ0n) is 15.0. The molecule has 0 aliphatic heterocycles. The van der Waals surface area contributed by atoms with E-state index in [0.717, 1.165) is 5.56 Å². The van der Waals surface area contributed by atoms with Gasteiger partial charge in [-0.3, -0.25) is 4.79 Å². The Morgan fingerprint density at radius 3 is 2.46 bits per heavy atom. The van der Waals surface area contributed by atoms with E-state index in [0.29, 0.717) is 22.0 Å². The van der Waals surface area contributed by atoms with E-state index in [1.165, 1.54) is 19.2 Å². The number of rotatable bonds is 6. The number of carbonyl (C=O) groups excluding carboxylic acids is 1. The molecule has 0 spiro atoms. The summed E-state index contributed by atoms with van der Waals surface area (Å²) in [5.41, 5.74) is 2.16. The van der Waals surface area contributed by atoms with Crippen molar-refractivity contribution in [2.24, 2.45) is 0 Å². The Hall–Kier alpha value is -2.09. The van der Waals surface area contributed by atoms with Crippen LogP contribution in [0.4, 0.5) is 5.69 Å². The molecular weight excluding hydrogens is 376 g/mol. The minimum atomic E-state index is -3.65. The fraction of sp³-hybridized carbons (Fsp3) is 0.278. The highest BCUT2D eigenvalue weighted by Crippen LogP contribution is 2.31. The molecule has 0 radical (unpaired) electrons. The lowest BCUT2D eigenvalue weighted by atomic mass is 10.1. The van der Waals surface area contributed by atoms with Crippen molar-refractivity contribution in [2.75, 3.05) is 19.0 Å². The van der Waals surface area contributed by atoms with Gasteiger partial charge in [-0.15, -0.1) is 0 Å². The van der Waals surface area contributed by atoms with Gasteiger partial charge in [-0.2, -0.15) is 0 Å². The Morgan fingerprint density at radius 1 is 1.15 bits per heavy atom. The summed E-state index contributed by atoms with van der Waals surface area (Å²) in [6.07, 6.45) is 0. The molecule has 0 saturated carbocycles. The molecule has 8 heteroatoms. The maximum atomic E-state index is 12.7. The highest BCUT2D eigenvalue weighted by Gasteiger charge is 2.18. The lowest BCUT2D eigenvalue weighted by Crippen LogP contribution is -2.24. The normalized spacial score (nSPS) is 11.3. The quantitative estimate of drug-likeness (QED) is 0.782. The first-order valence-corrected chi connectivity index (χ1v) is 9.81. The molecule has 140 valence electrons. The van der Waals surface area contributed by atoms with E-state index in [-0.39, 0.29) is 17.0 Å². The van der Waals surface area contributed by atoms with Crippen molar-refractivity contribution in [3.63, 3.8) is 0 Å². The molecule has 0 heterocycles. The zero-order valence-corrected chi connectivity index (χ0v) is 16.6. The van der Waals surface area contributed by atoms with Crippen LogP contribution in [0.2, 0.25) is 5.02 Å². The van der Waals surface area contributed by atoms with E-state index < -0.39 is 15.9 Å². The van der Waals surface area contributed by atoms with Crippen LogP contribution >= 0.6 is 11.6 Å². The zero-order chi connectivity index (χ0) is 19.5. The predicted molar refractivity (Wildman–Crippen MR) is 103 cm³/mol. The van der Waals surface area contributed by atoms with Crippen LogP contribution in [-0.4, -0.2) is 28.0 Å². The molecule has 0 aliphatic carbocycles. The number of nitrogens with one attached hydrogen (secondary N) is 2. The first-order chi connectivity index (χ1) is 12.2. The van der Waals surface area contributed by atoms with E-state index in [4.69, 9.17) is 16.3 Å². The van der Waals surface area contributed by atoms with E-state index in [9.17, 15) is 13.2 Å². The van der Waals surface area contributed by atoms with Crippen molar-refractivity contribution in [1.29, 1.82) is 0 Å². The topological polar surface area (TPSA) is 84.5 Å². The van der Waals surface area contributed by atoms with Gasteiger partial charge in [-0.1, -0.05) is 24.6 Å². The van der Waals surface area contributed by atoms with Gasteiger partial charge < -0.3 is 10.1 Å². The average Bonchev–Trinajstić information content (AvgIpc) is 2.57. The second-order valence-electron chi connectivity index (χ2n) is 5.73. The molecule has 6 nitrogen and oxygen atoms in total. The molecule has 1 amide bonds. The van der Waals surface area contributed by atoms with Gasteiger partial charge in [0.05, 0.1) is 17.7 Å². The van der Waals surface area contributed by atoms with Gasteiger partial charge in [0, 0.05) is 23.2 Å². The molecular formula is C18H21ClN2O4S. The maximum absolute atomic E-state index is 12.7. The minimum Gasteiger partial charge on any atom is -0.495 e. The monoisotopic (exact) mass is 396 g/mol. The van der Waals surface area contributed by atoms with E-state index in [2.05, 4.69) is 10.0 Å². The number of halogens is 1. The van der Waals surface area contributed by atoms with Gasteiger partial charge in [-0.05, 0) is 43.2 Å². The fourth-order valence-electron chi connectivity index (χ4n) is 2.41. The van der Waals surface area contributed by atoms with E-state index >= 15 is 0 Å². The average molecular weight is 397 g/mol. The highest BCUT2D eigenvalue weighted by atomic mass is 35.5. The van der Waals surface area contributed by atoms with Crippen LogP contribution in [0.1, 0.15) is 28.4 Å². The third-order valence-electron chi connectivity index (χ3n) is 3.83. The molecule has 0 fully saturated rings. The molecule has 2 aromatic rings. The van der Waals surface area contributed by atoms with Crippen LogP contribution in [-0.2, 0) is 10.0 Å². The van der Waals surface area contributed by atoms with Crippen LogP contribution in [0.15, 0.2) is 35.2 Å². The van der Waals surface area contributed by atoms with Crippen molar-refractivity contribution in [1.82, 2.24) is 4.72 Å². The molecule has 2 N–H and O–H groups in total. The Morgan fingerprint density at radius 2 is 1.85 bits per heavy atom. The predicted octanol–water partition coefficient (Wildman–Crippen LogP) is 3.52. The molecule has 0 unspecified atom stereocenters. The summed E-state index contributed by atoms with van der Waals surface area (Å²) in [6, 6.07) is 7.75. The van der Waals surface area contributed by atoms with Gasteiger partial charge in [0.2, 0.25) is 10.0 Å². The van der Waals surface area contributed by atoms with Crippen molar-refractivity contribution < 1.29 is 17.9 Å². The number of carbonyl (C=O) groups is 1. The number of anilines is 1. The first-order valence-electron chi connectivity index (χ1n) is 7.95. The second kappa shape index (κ2) is 8.07. The molecule has 2 aromatic carbocycles. The summed E-state index contributed by atoms with van der Waals surface area (Å²) in [5, 5.41) is 3.28. The minimum absolute atomic E-state index is 0.0364. The Balaban J connectivity index is 2.41. The number of amides is 1. The van der Waals surface area contributed by atoms with Crippen molar-refractivity contribution in [3.8, 4) is 5.75 Å². The van der Waals surface area contributed by atoms with Gasteiger partial charge in [0.1, 0.15) is 5.75 Å². The fourth-order valence-corrected chi connectivity index (χ4v) is 3.63. The largest absolute Gasteiger partial charge is 0.495 e. The second-order valence-corrected chi connectivity index (χ2v) is 7.91. The summed E-state index contributed by atoms with van der Waals surface area (Å²) < 4.78 is 32.0.